The van der Waals surface area contributed by atoms with Gasteiger partial charge in [0.25, 0.3) is 0 Å². The third kappa shape index (κ3) is 1.80. The van der Waals surface area contributed by atoms with Gasteiger partial charge < -0.3 is 5.73 Å². The number of rotatable bonds is 1. The first-order chi connectivity index (χ1) is 10.3. The minimum absolute atomic E-state index is 0.659. The van der Waals surface area contributed by atoms with Crippen LogP contribution in [-0.4, -0.2) is 15.0 Å². The fourth-order valence-corrected chi connectivity index (χ4v) is 2.60. The molecule has 2 aromatic heterocycles. The minimum atomic E-state index is 0.659. The van der Waals surface area contributed by atoms with Gasteiger partial charge in [0.15, 0.2) is 5.82 Å². The number of nitrogen functional groups attached to an aromatic ring is 1. The first-order valence-electron chi connectivity index (χ1n) is 6.69. The zero-order valence-electron chi connectivity index (χ0n) is 11.2. The molecule has 0 fully saturated rings. The highest BCUT2D eigenvalue weighted by Crippen LogP contribution is 2.34. The molecule has 0 saturated carbocycles. The number of hydrogen-bond acceptors (Lipinski definition) is 4. The maximum atomic E-state index is 6.40. The molecule has 4 aromatic rings. The number of aromatic nitrogens is 3. The number of hydrogen-bond donors (Lipinski definition) is 1. The number of benzene rings is 2. The summed E-state index contributed by atoms with van der Waals surface area (Å²) in [4.78, 5) is 13.3. The second-order valence-electron chi connectivity index (χ2n) is 4.81. The van der Waals surface area contributed by atoms with Crippen molar-refractivity contribution in [3.8, 4) is 11.4 Å². The molecule has 100 valence electrons. The van der Waals surface area contributed by atoms with Gasteiger partial charge in [-0.25, -0.2) is 15.0 Å². The number of pyridine rings is 1. The predicted octanol–water partition coefficient (Wildman–Crippen LogP) is 3.43. The standard InChI is InChI=1S/C17H12N4/c18-16-11-5-1-2-7-13(11)21-14-8-3-6-12(15(14)16)17-19-9-4-10-20-17/h1-10H,(H2,18,21). The minimum Gasteiger partial charge on any atom is -0.398 e. The maximum absolute atomic E-state index is 6.40. The molecule has 0 spiro atoms. The Kier molecular flexibility index (Phi) is 2.54. The van der Waals surface area contributed by atoms with E-state index in [2.05, 4.69) is 15.0 Å². The van der Waals surface area contributed by atoms with E-state index in [1.54, 1.807) is 18.5 Å². The summed E-state index contributed by atoms with van der Waals surface area (Å²) < 4.78 is 0. The number of fused-ring (bicyclic) bond motifs is 2. The molecule has 2 aromatic carbocycles. The van der Waals surface area contributed by atoms with Gasteiger partial charge in [0.05, 0.1) is 16.7 Å². The topological polar surface area (TPSA) is 64.7 Å². The molecular formula is C17H12N4. The molecule has 4 nitrogen and oxygen atoms in total. The van der Waals surface area contributed by atoms with Crippen molar-refractivity contribution < 1.29 is 0 Å². The van der Waals surface area contributed by atoms with Gasteiger partial charge in [-0.3, -0.25) is 0 Å². The van der Waals surface area contributed by atoms with Crippen LogP contribution in [0.25, 0.3) is 33.2 Å². The van der Waals surface area contributed by atoms with Crippen molar-refractivity contribution in [1.82, 2.24) is 15.0 Å². The zero-order valence-corrected chi connectivity index (χ0v) is 11.2. The summed E-state index contributed by atoms with van der Waals surface area (Å²) in [6.45, 7) is 0. The molecule has 2 N–H and O–H groups in total. The average molecular weight is 272 g/mol. The van der Waals surface area contributed by atoms with E-state index < -0.39 is 0 Å². The Bertz CT molecular complexity index is 949. The van der Waals surface area contributed by atoms with Crippen molar-refractivity contribution >= 4 is 27.5 Å². The first kappa shape index (κ1) is 11.8. The Labute approximate surface area is 121 Å². The Balaban J connectivity index is 2.16. The van der Waals surface area contributed by atoms with E-state index >= 15 is 0 Å². The summed E-state index contributed by atoms with van der Waals surface area (Å²) in [5.41, 5.74) is 9.78. The molecule has 0 bridgehead atoms. The fourth-order valence-electron chi connectivity index (χ4n) is 2.60. The second-order valence-corrected chi connectivity index (χ2v) is 4.81. The molecule has 0 unspecified atom stereocenters. The zero-order chi connectivity index (χ0) is 14.2. The Morgan fingerprint density at radius 3 is 2.38 bits per heavy atom. The SMILES string of the molecule is Nc1c2ccccc2nc2cccc(-c3ncccn3)c12. The van der Waals surface area contributed by atoms with Crippen molar-refractivity contribution in [2.24, 2.45) is 0 Å². The third-order valence-corrected chi connectivity index (χ3v) is 3.55. The fraction of sp³-hybridized carbons (Fsp3) is 0. The molecule has 0 saturated heterocycles. The lowest BCUT2D eigenvalue weighted by Crippen LogP contribution is -1.96. The summed E-state index contributed by atoms with van der Waals surface area (Å²) in [6.07, 6.45) is 3.46. The van der Waals surface area contributed by atoms with Gasteiger partial charge in [0, 0.05) is 28.7 Å². The van der Waals surface area contributed by atoms with Crippen LogP contribution in [0.5, 0.6) is 0 Å². The quantitative estimate of drug-likeness (QED) is 0.539. The van der Waals surface area contributed by atoms with Gasteiger partial charge in [-0.05, 0) is 18.2 Å². The number of para-hydroxylation sites is 1. The molecule has 0 atom stereocenters. The van der Waals surface area contributed by atoms with E-state index in [-0.39, 0.29) is 0 Å². The summed E-state index contributed by atoms with van der Waals surface area (Å²) in [6, 6.07) is 15.6. The van der Waals surface area contributed by atoms with Crippen molar-refractivity contribution in [2.45, 2.75) is 0 Å². The Morgan fingerprint density at radius 2 is 1.52 bits per heavy atom. The van der Waals surface area contributed by atoms with Crippen LogP contribution < -0.4 is 5.73 Å². The van der Waals surface area contributed by atoms with E-state index in [9.17, 15) is 0 Å². The maximum Gasteiger partial charge on any atom is 0.159 e. The number of nitrogens with two attached hydrogens (primary N) is 1. The van der Waals surface area contributed by atoms with Crippen LogP contribution in [0.3, 0.4) is 0 Å². The average Bonchev–Trinajstić information content (AvgIpc) is 2.55. The highest BCUT2D eigenvalue weighted by atomic mass is 14.9. The van der Waals surface area contributed by atoms with E-state index in [4.69, 9.17) is 5.73 Å². The van der Waals surface area contributed by atoms with Crippen LogP contribution in [0, 0.1) is 0 Å². The number of nitrogens with zero attached hydrogens (tertiary/aromatic N) is 3. The van der Waals surface area contributed by atoms with Crippen molar-refractivity contribution in [3.05, 3.63) is 60.9 Å². The summed E-state index contributed by atoms with van der Waals surface area (Å²) in [5, 5.41) is 1.86. The van der Waals surface area contributed by atoms with Gasteiger partial charge in [0.1, 0.15) is 0 Å². The predicted molar refractivity (Wildman–Crippen MR) is 84.7 cm³/mol. The second kappa shape index (κ2) is 4.52. The monoisotopic (exact) mass is 272 g/mol. The number of anilines is 1. The van der Waals surface area contributed by atoms with Crippen LogP contribution in [0.15, 0.2) is 60.9 Å². The molecular weight excluding hydrogens is 260 g/mol. The third-order valence-electron chi connectivity index (χ3n) is 3.55. The lowest BCUT2D eigenvalue weighted by molar-refractivity contribution is 1.18. The van der Waals surface area contributed by atoms with E-state index in [0.717, 1.165) is 33.1 Å². The first-order valence-corrected chi connectivity index (χ1v) is 6.69. The molecule has 21 heavy (non-hydrogen) atoms. The van der Waals surface area contributed by atoms with Gasteiger partial charge in [-0.1, -0.05) is 30.3 Å². The van der Waals surface area contributed by atoms with Crippen LogP contribution in [0.2, 0.25) is 0 Å². The summed E-state index contributed by atoms with van der Waals surface area (Å²) in [5.74, 6) is 0.659. The van der Waals surface area contributed by atoms with E-state index in [1.165, 1.54) is 0 Å². The van der Waals surface area contributed by atoms with Crippen molar-refractivity contribution in [1.29, 1.82) is 0 Å². The Hall–Kier alpha value is -3.01. The largest absolute Gasteiger partial charge is 0.398 e. The molecule has 0 aliphatic rings. The molecule has 0 amide bonds. The lowest BCUT2D eigenvalue weighted by atomic mass is 10.0. The Morgan fingerprint density at radius 1 is 0.762 bits per heavy atom. The summed E-state index contributed by atoms with van der Waals surface area (Å²) >= 11 is 0. The van der Waals surface area contributed by atoms with Crippen molar-refractivity contribution in [2.75, 3.05) is 5.73 Å². The van der Waals surface area contributed by atoms with Gasteiger partial charge in [0.2, 0.25) is 0 Å². The van der Waals surface area contributed by atoms with Crippen molar-refractivity contribution in [3.63, 3.8) is 0 Å². The van der Waals surface area contributed by atoms with Gasteiger partial charge in [-0.2, -0.15) is 0 Å². The molecule has 4 rings (SSSR count). The highest BCUT2D eigenvalue weighted by Gasteiger charge is 2.12. The van der Waals surface area contributed by atoms with E-state index in [0.29, 0.717) is 5.82 Å². The molecule has 0 aliphatic heterocycles. The smallest absolute Gasteiger partial charge is 0.159 e. The van der Waals surface area contributed by atoms with Gasteiger partial charge in [-0.15, -0.1) is 0 Å². The molecule has 0 aliphatic carbocycles. The van der Waals surface area contributed by atoms with Crippen LogP contribution in [0.1, 0.15) is 0 Å². The highest BCUT2D eigenvalue weighted by molar-refractivity contribution is 6.11. The molecule has 2 heterocycles. The van der Waals surface area contributed by atoms with Crippen LogP contribution in [-0.2, 0) is 0 Å². The summed E-state index contributed by atoms with van der Waals surface area (Å²) in [7, 11) is 0. The lowest BCUT2D eigenvalue weighted by Gasteiger charge is -2.10. The van der Waals surface area contributed by atoms with Gasteiger partial charge >= 0.3 is 0 Å². The van der Waals surface area contributed by atoms with E-state index in [1.807, 2.05) is 42.5 Å². The normalized spacial score (nSPS) is 11.0. The molecule has 4 heteroatoms. The van der Waals surface area contributed by atoms with Crippen LogP contribution >= 0.6 is 0 Å². The molecule has 0 radical (unpaired) electrons. The van der Waals surface area contributed by atoms with Crippen LogP contribution in [0.4, 0.5) is 5.69 Å².